The second-order valence-corrected chi connectivity index (χ2v) is 5.83. The van der Waals surface area contributed by atoms with Crippen LogP contribution in [0.2, 0.25) is 0 Å². The third-order valence-corrected chi connectivity index (χ3v) is 4.13. The van der Waals surface area contributed by atoms with Crippen LogP contribution in [0.5, 0.6) is 0 Å². The zero-order chi connectivity index (χ0) is 17.9. The highest BCUT2D eigenvalue weighted by molar-refractivity contribution is 6.04. The van der Waals surface area contributed by atoms with Gasteiger partial charge in [-0.25, -0.2) is 4.98 Å². The summed E-state index contributed by atoms with van der Waals surface area (Å²) in [5.74, 6) is 0.620. The lowest BCUT2D eigenvalue weighted by molar-refractivity contribution is 0.102. The molecule has 6 nitrogen and oxygen atoms in total. The Morgan fingerprint density at radius 3 is 2.42 bits per heavy atom. The molecule has 2 aromatic carbocycles. The van der Waals surface area contributed by atoms with Crippen molar-refractivity contribution in [3.8, 4) is 11.4 Å². The Balaban J connectivity index is 1.60. The number of fused-ring (bicyclic) bond motifs is 1. The predicted octanol–water partition coefficient (Wildman–Crippen LogP) is 3.92. The van der Waals surface area contributed by atoms with Crippen LogP contribution in [-0.4, -0.2) is 27.9 Å². The van der Waals surface area contributed by atoms with Crippen molar-refractivity contribution in [2.45, 2.75) is 0 Å². The van der Waals surface area contributed by atoms with Crippen molar-refractivity contribution in [3.63, 3.8) is 0 Å². The fourth-order valence-corrected chi connectivity index (χ4v) is 2.73. The van der Waals surface area contributed by atoms with E-state index in [1.54, 1.807) is 24.5 Å². The Hall–Kier alpha value is -3.67. The lowest BCUT2D eigenvalue weighted by atomic mass is 10.2. The Labute approximate surface area is 150 Å². The van der Waals surface area contributed by atoms with Crippen molar-refractivity contribution >= 4 is 28.3 Å². The van der Waals surface area contributed by atoms with E-state index in [-0.39, 0.29) is 5.91 Å². The predicted molar refractivity (Wildman–Crippen MR) is 103 cm³/mol. The van der Waals surface area contributed by atoms with Gasteiger partial charge in [-0.2, -0.15) is 0 Å². The summed E-state index contributed by atoms with van der Waals surface area (Å²) in [6.07, 6.45) is 3.19. The van der Waals surface area contributed by atoms with Crippen molar-refractivity contribution in [1.82, 2.24) is 15.0 Å². The molecule has 6 heteroatoms. The number of carbonyl (C=O) groups excluding carboxylic acids is 1. The van der Waals surface area contributed by atoms with Gasteiger partial charge in [0.15, 0.2) is 0 Å². The highest BCUT2D eigenvalue weighted by atomic mass is 16.1. The molecule has 2 aromatic heterocycles. The minimum Gasteiger partial charge on any atom is -0.388 e. The van der Waals surface area contributed by atoms with E-state index in [0.29, 0.717) is 11.3 Å². The number of aromatic nitrogens is 3. The summed E-state index contributed by atoms with van der Waals surface area (Å²) in [5.41, 5.74) is 5.04. The van der Waals surface area contributed by atoms with Gasteiger partial charge in [0.25, 0.3) is 5.91 Å². The van der Waals surface area contributed by atoms with Gasteiger partial charge in [-0.1, -0.05) is 0 Å². The number of imidazole rings is 1. The van der Waals surface area contributed by atoms with E-state index >= 15 is 0 Å². The monoisotopic (exact) mass is 343 g/mol. The van der Waals surface area contributed by atoms with Crippen LogP contribution < -0.4 is 10.6 Å². The molecule has 0 bridgehead atoms. The topological polar surface area (TPSA) is 82.7 Å². The summed E-state index contributed by atoms with van der Waals surface area (Å²) in [6, 6.07) is 17.0. The Bertz CT molecular complexity index is 1050. The molecule has 0 unspecified atom stereocenters. The van der Waals surface area contributed by atoms with Crippen LogP contribution in [0.4, 0.5) is 11.4 Å². The van der Waals surface area contributed by atoms with Crippen LogP contribution in [0.3, 0.4) is 0 Å². The average Bonchev–Trinajstić information content (AvgIpc) is 3.12. The number of amides is 1. The number of carbonyl (C=O) groups is 1. The molecular formula is C20H17N5O. The lowest BCUT2D eigenvalue weighted by Crippen LogP contribution is -2.11. The Morgan fingerprint density at radius 1 is 0.962 bits per heavy atom. The zero-order valence-electron chi connectivity index (χ0n) is 14.2. The molecule has 0 atom stereocenters. The minimum atomic E-state index is -0.172. The van der Waals surface area contributed by atoms with E-state index in [4.69, 9.17) is 0 Å². The molecule has 0 aliphatic carbocycles. The van der Waals surface area contributed by atoms with Crippen LogP contribution in [0.1, 0.15) is 10.4 Å². The number of anilines is 2. The number of rotatable bonds is 4. The second-order valence-electron chi connectivity index (χ2n) is 5.83. The summed E-state index contributed by atoms with van der Waals surface area (Å²) >= 11 is 0. The number of nitrogens with zero attached hydrogens (tertiary/aromatic N) is 2. The quantitative estimate of drug-likeness (QED) is 0.524. The van der Waals surface area contributed by atoms with E-state index in [2.05, 4.69) is 25.6 Å². The van der Waals surface area contributed by atoms with Crippen LogP contribution in [-0.2, 0) is 0 Å². The van der Waals surface area contributed by atoms with Gasteiger partial charge in [0, 0.05) is 41.9 Å². The fraction of sp³-hybridized carbons (Fsp3) is 0.0500. The number of pyridine rings is 1. The molecule has 26 heavy (non-hydrogen) atoms. The number of benzene rings is 2. The molecule has 2 heterocycles. The summed E-state index contributed by atoms with van der Waals surface area (Å²) in [7, 11) is 1.89. The molecule has 0 aliphatic rings. The van der Waals surface area contributed by atoms with Crippen molar-refractivity contribution in [3.05, 3.63) is 72.6 Å². The third kappa shape index (κ3) is 3.12. The van der Waals surface area contributed by atoms with Crippen molar-refractivity contribution in [1.29, 1.82) is 0 Å². The van der Waals surface area contributed by atoms with Gasteiger partial charge in [0.1, 0.15) is 5.82 Å². The van der Waals surface area contributed by atoms with E-state index in [1.165, 1.54) is 0 Å². The first-order valence-electron chi connectivity index (χ1n) is 8.22. The third-order valence-electron chi connectivity index (χ3n) is 4.13. The first-order chi connectivity index (χ1) is 12.7. The molecule has 128 valence electrons. The Morgan fingerprint density at radius 2 is 1.69 bits per heavy atom. The number of aromatic amines is 1. The normalized spacial score (nSPS) is 10.7. The number of nitrogens with one attached hydrogen (secondary N) is 3. The number of hydrogen-bond acceptors (Lipinski definition) is 4. The first kappa shape index (κ1) is 15.8. The smallest absolute Gasteiger partial charge is 0.255 e. The maximum atomic E-state index is 12.3. The molecular weight excluding hydrogens is 326 g/mol. The molecule has 0 saturated heterocycles. The fourth-order valence-electron chi connectivity index (χ4n) is 2.73. The molecule has 3 N–H and O–H groups in total. The zero-order valence-corrected chi connectivity index (χ0v) is 14.2. The van der Waals surface area contributed by atoms with E-state index < -0.39 is 0 Å². The average molecular weight is 343 g/mol. The molecule has 4 rings (SSSR count). The van der Waals surface area contributed by atoms with Crippen LogP contribution in [0.25, 0.3) is 22.4 Å². The van der Waals surface area contributed by atoms with E-state index in [0.717, 1.165) is 28.1 Å². The maximum Gasteiger partial charge on any atom is 0.255 e. The van der Waals surface area contributed by atoms with Crippen molar-refractivity contribution < 1.29 is 4.79 Å². The number of H-pyrrole nitrogens is 1. The molecule has 4 aromatic rings. The van der Waals surface area contributed by atoms with Gasteiger partial charge >= 0.3 is 0 Å². The lowest BCUT2D eigenvalue weighted by Gasteiger charge is -2.04. The van der Waals surface area contributed by atoms with Gasteiger partial charge in [0.2, 0.25) is 0 Å². The van der Waals surface area contributed by atoms with E-state index in [1.807, 2.05) is 49.5 Å². The SMILES string of the molecule is CNc1ccc(-c2nc3ccc(NC(=O)c4ccncc4)cc3[nH]2)cc1. The van der Waals surface area contributed by atoms with Crippen LogP contribution >= 0.6 is 0 Å². The molecule has 0 radical (unpaired) electrons. The van der Waals surface area contributed by atoms with Crippen LogP contribution in [0, 0.1) is 0 Å². The van der Waals surface area contributed by atoms with Crippen molar-refractivity contribution in [2.24, 2.45) is 0 Å². The molecule has 0 saturated carbocycles. The Kier molecular flexibility index (Phi) is 4.07. The number of hydrogen-bond donors (Lipinski definition) is 3. The standard InChI is InChI=1S/C20H17N5O/c1-21-15-4-2-13(3-5-15)19-24-17-7-6-16(12-18(17)25-19)23-20(26)14-8-10-22-11-9-14/h2-12,21H,1H3,(H,23,26)(H,24,25). The minimum absolute atomic E-state index is 0.172. The summed E-state index contributed by atoms with van der Waals surface area (Å²) in [5, 5.41) is 5.99. The largest absolute Gasteiger partial charge is 0.388 e. The molecule has 0 fully saturated rings. The summed E-state index contributed by atoms with van der Waals surface area (Å²) < 4.78 is 0. The van der Waals surface area contributed by atoms with Crippen LogP contribution in [0.15, 0.2) is 67.0 Å². The van der Waals surface area contributed by atoms with E-state index in [9.17, 15) is 4.79 Å². The van der Waals surface area contributed by atoms with Crippen molar-refractivity contribution in [2.75, 3.05) is 17.7 Å². The summed E-state index contributed by atoms with van der Waals surface area (Å²) in [6.45, 7) is 0. The summed E-state index contributed by atoms with van der Waals surface area (Å²) in [4.78, 5) is 24.1. The highest BCUT2D eigenvalue weighted by Crippen LogP contribution is 2.24. The molecule has 0 aliphatic heterocycles. The highest BCUT2D eigenvalue weighted by Gasteiger charge is 2.09. The van der Waals surface area contributed by atoms with Gasteiger partial charge in [-0.15, -0.1) is 0 Å². The molecule has 1 amide bonds. The first-order valence-corrected chi connectivity index (χ1v) is 8.22. The van der Waals surface area contributed by atoms with Gasteiger partial charge in [-0.05, 0) is 54.6 Å². The van der Waals surface area contributed by atoms with Gasteiger partial charge in [-0.3, -0.25) is 9.78 Å². The van der Waals surface area contributed by atoms with Gasteiger partial charge in [0.05, 0.1) is 11.0 Å². The van der Waals surface area contributed by atoms with Gasteiger partial charge < -0.3 is 15.6 Å². The molecule has 0 spiro atoms. The maximum absolute atomic E-state index is 12.3. The second kappa shape index (κ2) is 6.68.